The van der Waals surface area contributed by atoms with Gasteiger partial charge in [0.15, 0.2) is 0 Å². The third-order valence-corrected chi connectivity index (χ3v) is 22.1. The van der Waals surface area contributed by atoms with Crippen LogP contribution in [0.25, 0.3) is 0 Å². The molecule has 0 saturated carbocycles. The number of hydrogen-bond donors (Lipinski definition) is 0. The van der Waals surface area contributed by atoms with E-state index in [4.69, 9.17) is 4.98 Å². The molecule has 0 aliphatic carbocycles. The third kappa shape index (κ3) is 7.12. The van der Waals surface area contributed by atoms with Crippen LogP contribution in [0.3, 0.4) is 0 Å². The molecule has 3 nitrogen and oxygen atoms in total. The summed E-state index contributed by atoms with van der Waals surface area (Å²) in [4.78, 5) is 10.3. The van der Waals surface area contributed by atoms with Crippen LogP contribution in [0.5, 0.6) is 0 Å². The molecule has 29 heavy (non-hydrogen) atoms. The Morgan fingerprint density at radius 3 is 1.72 bits per heavy atom. The molecule has 1 aliphatic rings. The Hall–Kier alpha value is -0.291. The van der Waals surface area contributed by atoms with Crippen molar-refractivity contribution >= 4 is 27.8 Å². The summed E-state index contributed by atoms with van der Waals surface area (Å²) in [7, 11) is 0. The predicted molar refractivity (Wildman–Crippen MR) is 132 cm³/mol. The number of pyridine rings is 1. The first-order valence-electron chi connectivity index (χ1n) is 12.3. The summed E-state index contributed by atoms with van der Waals surface area (Å²) in [5, 5.41) is 0. The molecule has 1 fully saturated rings. The van der Waals surface area contributed by atoms with E-state index in [0.717, 1.165) is 26.2 Å². The topological polar surface area (TPSA) is 19.4 Å². The van der Waals surface area contributed by atoms with Crippen LogP contribution in [0.1, 0.15) is 80.1 Å². The fourth-order valence-corrected chi connectivity index (χ4v) is 20.2. The van der Waals surface area contributed by atoms with E-state index in [1.807, 2.05) is 0 Å². The van der Waals surface area contributed by atoms with E-state index in [1.165, 1.54) is 57.5 Å². The Labute approximate surface area is 185 Å². The summed E-state index contributed by atoms with van der Waals surface area (Å²) < 4.78 is 6.07. The molecule has 0 unspecified atom stereocenters. The standard InChI is InChI=1S/C13H20N3.3C4H9.Sn/c1-13(2,3)16-9-7-15(8-10-16)12-5-4-6-14-11-12;3*1-3-4-2;/h4-5,11H,7-10H2,1-3H3;3*1,3-4H2,2H3;. The Bertz CT molecular complexity index is 549. The van der Waals surface area contributed by atoms with Crippen molar-refractivity contribution in [1.82, 2.24) is 9.88 Å². The Kier molecular flexibility index (Phi) is 10.3. The zero-order valence-electron chi connectivity index (χ0n) is 20.3. The summed E-state index contributed by atoms with van der Waals surface area (Å²) in [6.07, 6.45) is 10.4. The number of unbranched alkanes of at least 4 members (excludes halogenated alkanes) is 3. The molecule has 0 radical (unpaired) electrons. The molecule has 0 spiro atoms. The van der Waals surface area contributed by atoms with E-state index in [1.54, 1.807) is 3.71 Å². The van der Waals surface area contributed by atoms with E-state index in [2.05, 4.69) is 69.7 Å². The molecule has 1 aliphatic heterocycles. The fraction of sp³-hybridized carbons (Fsp3) is 0.800. The van der Waals surface area contributed by atoms with Crippen molar-refractivity contribution < 1.29 is 0 Å². The molecule has 2 heterocycles. The van der Waals surface area contributed by atoms with Crippen molar-refractivity contribution in [1.29, 1.82) is 0 Å². The van der Waals surface area contributed by atoms with Crippen LogP contribution in [0, 0.1) is 0 Å². The van der Waals surface area contributed by atoms with E-state index in [0.29, 0.717) is 0 Å². The van der Waals surface area contributed by atoms with E-state index in [-0.39, 0.29) is 5.54 Å². The van der Waals surface area contributed by atoms with Gasteiger partial charge in [0.2, 0.25) is 0 Å². The number of hydrogen-bond acceptors (Lipinski definition) is 3. The Balaban J connectivity index is 2.15. The van der Waals surface area contributed by atoms with Gasteiger partial charge in [0.25, 0.3) is 0 Å². The van der Waals surface area contributed by atoms with Gasteiger partial charge in [-0.3, -0.25) is 0 Å². The van der Waals surface area contributed by atoms with Crippen LogP contribution in [0.4, 0.5) is 5.69 Å². The maximum absolute atomic E-state index is 5.19. The van der Waals surface area contributed by atoms with Crippen molar-refractivity contribution in [3.63, 3.8) is 0 Å². The van der Waals surface area contributed by atoms with Gasteiger partial charge in [0.1, 0.15) is 0 Å². The van der Waals surface area contributed by atoms with Crippen LogP contribution < -0.4 is 8.61 Å². The molecule has 2 rings (SSSR count). The second-order valence-corrected chi connectivity index (χ2v) is 23.2. The molecule has 1 aromatic rings. The van der Waals surface area contributed by atoms with Crippen LogP contribution in [0.2, 0.25) is 13.3 Å². The molecule has 0 atom stereocenters. The van der Waals surface area contributed by atoms with Crippen molar-refractivity contribution in [2.75, 3.05) is 31.1 Å². The normalized spacial score (nSPS) is 16.4. The van der Waals surface area contributed by atoms with Crippen LogP contribution in [-0.4, -0.2) is 60.0 Å². The Morgan fingerprint density at radius 2 is 1.34 bits per heavy atom. The predicted octanol–water partition coefficient (Wildman–Crippen LogP) is 6.06. The summed E-state index contributed by atoms with van der Waals surface area (Å²) in [6, 6.07) is 4.87. The first-order valence-corrected chi connectivity index (χ1v) is 19.8. The fourth-order valence-electron chi connectivity index (χ4n) is 4.83. The average molecular weight is 508 g/mol. The molecule has 1 aromatic heterocycles. The second kappa shape index (κ2) is 11.9. The van der Waals surface area contributed by atoms with Gasteiger partial charge in [-0.05, 0) is 0 Å². The number of piperazine rings is 1. The van der Waals surface area contributed by atoms with Crippen LogP contribution >= 0.6 is 0 Å². The summed E-state index contributed by atoms with van der Waals surface area (Å²) in [5.41, 5.74) is 1.61. The SMILES string of the molecule is CCC[CH2][Sn]([CH2]CCC)([CH2]CCC)[c]1ccc(N2CCN(C(C)(C)C)CC2)cn1. The molecule has 4 heteroatoms. The molecule has 166 valence electrons. The number of anilines is 1. The molecule has 0 bridgehead atoms. The zero-order valence-corrected chi connectivity index (χ0v) is 23.1. The molecular formula is C25H47N3Sn. The van der Waals surface area contributed by atoms with E-state index >= 15 is 0 Å². The van der Waals surface area contributed by atoms with Crippen molar-refractivity contribution in [3.8, 4) is 0 Å². The van der Waals surface area contributed by atoms with Crippen molar-refractivity contribution in [2.24, 2.45) is 0 Å². The van der Waals surface area contributed by atoms with Crippen LogP contribution in [0.15, 0.2) is 18.3 Å². The van der Waals surface area contributed by atoms with Gasteiger partial charge < -0.3 is 0 Å². The van der Waals surface area contributed by atoms with Gasteiger partial charge in [-0.15, -0.1) is 0 Å². The Morgan fingerprint density at radius 1 is 0.828 bits per heavy atom. The number of nitrogens with zero attached hydrogens (tertiary/aromatic N) is 3. The van der Waals surface area contributed by atoms with Crippen molar-refractivity contribution in [2.45, 2.75) is 98.9 Å². The van der Waals surface area contributed by atoms with E-state index < -0.39 is 18.4 Å². The van der Waals surface area contributed by atoms with Crippen molar-refractivity contribution in [3.05, 3.63) is 18.3 Å². The maximum atomic E-state index is 5.19. The molecule has 1 saturated heterocycles. The van der Waals surface area contributed by atoms with Gasteiger partial charge >= 0.3 is 186 Å². The first kappa shape index (κ1) is 25.0. The average Bonchev–Trinajstić information content (AvgIpc) is 2.73. The zero-order chi connectivity index (χ0) is 21.3. The van der Waals surface area contributed by atoms with Gasteiger partial charge in [-0.25, -0.2) is 0 Å². The van der Waals surface area contributed by atoms with Gasteiger partial charge in [0, 0.05) is 0 Å². The molecule has 0 aromatic carbocycles. The summed E-state index contributed by atoms with van der Waals surface area (Å²) in [5.74, 6) is 0. The number of aromatic nitrogens is 1. The summed E-state index contributed by atoms with van der Waals surface area (Å²) >= 11 is -2.38. The summed E-state index contributed by atoms with van der Waals surface area (Å²) in [6.45, 7) is 18.6. The molecule has 0 N–H and O–H groups in total. The minimum absolute atomic E-state index is 0.278. The molecule has 0 amide bonds. The van der Waals surface area contributed by atoms with E-state index in [9.17, 15) is 0 Å². The number of rotatable bonds is 11. The third-order valence-electron chi connectivity index (χ3n) is 6.91. The van der Waals surface area contributed by atoms with Gasteiger partial charge in [-0.1, -0.05) is 0 Å². The van der Waals surface area contributed by atoms with Gasteiger partial charge in [-0.2, -0.15) is 0 Å². The monoisotopic (exact) mass is 509 g/mol. The van der Waals surface area contributed by atoms with Gasteiger partial charge in [0.05, 0.1) is 0 Å². The van der Waals surface area contributed by atoms with Crippen LogP contribution in [-0.2, 0) is 0 Å². The molecular weight excluding hydrogens is 461 g/mol. The second-order valence-electron chi connectivity index (χ2n) is 10.1. The minimum atomic E-state index is -2.38. The first-order chi connectivity index (χ1) is 13.9. The quantitative estimate of drug-likeness (QED) is 0.339.